The molecule has 0 saturated carbocycles. The maximum Gasteiger partial charge on any atom is 0.271 e. The molecule has 0 aliphatic heterocycles. The third kappa shape index (κ3) is 4.83. The smallest absolute Gasteiger partial charge is 0.271 e. The lowest BCUT2D eigenvalue weighted by Gasteiger charge is -2.08. The van der Waals surface area contributed by atoms with E-state index in [0.717, 1.165) is 5.56 Å². The van der Waals surface area contributed by atoms with E-state index in [-0.39, 0.29) is 23.7 Å². The van der Waals surface area contributed by atoms with Gasteiger partial charge in [-0.2, -0.15) is 0 Å². The number of hydrogen-bond donors (Lipinski definition) is 2. The van der Waals surface area contributed by atoms with Gasteiger partial charge in [-0.05, 0) is 26.0 Å². The SMILES string of the molecule is Cc1ccc(S(=O)(=O)NCCNC(=O)c2cnc(C)cn2)cc1. The van der Waals surface area contributed by atoms with E-state index in [2.05, 4.69) is 20.0 Å². The lowest BCUT2D eigenvalue weighted by atomic mass is 10.2. The number of carbonyl (C=O) groups is 1. The fraction of sp³-hybridized carbons (Fsp3) is 0.267. The van der Waals surface area contributed by atoms with E-state index in [1.807, 2.05) is 6.92 Å². The zero-order valence-electron chi connectivity index (χ0n) is 12.9. The van der Waals surface area contributed by atoms with Crippen LogP contribution in [0.3, 0.4) is 0 Å². The minimum absolute atomic E-state index is 0.0846. The number of amides is 1. The number of benzene rings is 1. The van der Waals surface area contributed by atoms with E-state index in [4.69, 9.17) is 0 Å². The molecule has 1 aromatic heterocycles. The highest BCUT2D eigenvalue weighted by atomic mass is 32.2. The molecular weight excluding hydrogens is 316 g/mol. The van der Waals surface area contributed by atoms with Gasteiger partial charge in [-0.1, -0.05) is 17.7 Å². The van der Waals surface area contributed by atoms with Crippen LogP contribution in [-0.2, 0) is 10.0 Å². The van der Waals surface area contributed by atoms with Gasteiger partial charge in [0.1, 0.15) is 5.69 Å². The van der Waals surface area contributed by atoms with Gasteiger partial charge in [-0.15, -0.1) is 0 Å². The first-order valence-electron chi connectivity index (χ1n) is 7.02. The highest BCUT2D eigenvalue weighted by Crippen LogP contribution is 2.09. The quantitative estimate of drug-likeness (QED) is 0.761. The second-order valence-corrected chi connectivity index (χ2v) is 6.78. The lowest BCUT2D eigenvalue weighted by Crippen LogP contribution is -2.35. The number of hydrogen-bond acceptors (Lipinski definition) is 5. The van der Waals surface area contributed by atoms with Crippen molar-refractivity contribution in [2.45, 2.75) is 18.7 Å². The van der Waals surface area contributed by atoms with Crippen LogP contribution in [0, 0.1) is 13.8 Å². The van der Waals surface area contributed by atoms with Crippen LogP contribution < -0.4 is 10.0 Å². The third-order valence-electron chi connectivity index (χ3n) is 3.05. The van der Waals surface area contributed by atoms with Gasteiger partial charge in [-0.3, -0.25) is 9.78 Å². The van der Waals surface area contributed by atoms with Crippen molar-refractivity contribution in [3.05, 3.63) is 53.6 Å². The number of aromatic nitrogens is 2. The Balaban J connectivity index is 1.83. The predicted octanol–water partition coefficient (Wildman–Crippen LogP) is 0.802. The summed E-state index contributed by atoms with van der Waals surface area (Å²) in [5, 5.41) is 2.58. The number of aryl methyl sites for hydroxylation is 2. The van der Waals surface area contributed by atoms with Crippen molar-refractivity contribution >= 4 is 15.9 Å². The number of nitrogens with one attached hydrogen (secondary N) is 2. The molecule has 1 aromatic carbocycles. The summed E-state index contributed by atoms with van der Waals surface area (Å²) in [7, 11) is -3.57. The second kappa shape index (κ2) is 7.30. The van der Waals surface area contributed by atoms with Crippen molar-refractivity contribution in [1.29, 1.82) is 0 Å². The van der Waals surface area contributed by atoms with Gasteiger partial charge in [0.15, 0.2) is 0 Å². The highest BCUT2D eigenvalue weighted by Gasteiger charge is 2.13. The van der Waals surface area contributed by atoms with Crippen molar-refractivity contribution in [3.8, 4) is 0 Å². The van der Waals surface area contributed by atoms with Gasteiger partial charge in [0.2, 0.25) is 10.0 Å². The summed E-state index contributed by atoms with van der Waals surface area (Å²) in [6, 6.07) is 6.54. The van der Waals surface area contributed by atoms with Crippen molar-refractivity contribution in [1.82, 2.24) is 20.0 Å². The summed E-state index contributed by atoms with van der Waals surface area (Å²) < 4.78 is 26.5. The van der Waals surface area contributed by atoms with Gasteiger partial charge in [0, 0.05) is 19.3 Å². The van der Waals surface area contributed by atoms with Gasteiger partial charge in [0.25, 0.3) is 5.91 Å². The molecule has 0 aliphatic rings. The molecule has 0 saturated heterocycles. The molecule has 0 aliphatic carbocycles. The molecule has 2 aromatic rings. The van der Waals surface area contributed by atoms with Crippen LogP contribution in [0.2, 0.25) is 0 Å². The summed E-state index contributed by atoms with van der Waals surface area (Å²) in [5.41, 5.74) is 1.89. The summed E-state index contributed by atoms with van der Waals surface area (Å²) in [4.78, 5) is 19.9. The number of carbonyl (C=O) groups excluding carboxylic acids is 1. The topological polar surface area (TPSA) is 101 Å². The molecule has 122 valence electrons. The Morgan fingerprint density at radius 2 is 1.74 bits per heavy atom. The normalized spacial score (nSPS) is 11.2. The highest BCUT2D eigenvalue weighted by molar-refractivity contribution is 7.89. The first-order chi connectivity index (χ1) is 10.9. The molecule has 7 nitrogen and oxygen atoms in total. The Kier molecular flexibility index (Phi) is 5.41. The Hall–Kier alpha value is -2.32. The van der Waals surface area contributed by atoms with Crippen LogP contribution in [0.25, 0.3) is 0 Å². The number of rotatable bonds is 6. The van der Waals surface area contributed by atoms with Gasteiger partial charge in [0.05, 0.1) is 16.8 Å². The average molecular weight is 334 g/mol. The van der Waals surface area contributed by atoms with Crippen molar-refractivity contribution < 1.29 is 13.2 Å². The molecule has 0 bridgehead atoms. The van der Waals surface area contributed by atoms with Gasteiger partial charge < -0.3 is 5.32 Å². The Labute approximate surface area is 135 Å². The Morgan fingerprint density at radius 3 is 2.35 bits per heavy atom. The van der Waals surface area contributed by atoms with E-state index in [9.17, 15) is 13.2 Å². The second-order valence-electron chi connectivity index (χ2n) is 5.01. The largest absolute Gasteiger partial charge is 0.349 e. The zero-order chi connectivity index (χ0) is 16.9. The summed E-state index contributed by atoms with van der Waals surface area (Å²) in [6.07, 6.45) is 2.87. The lowest BCUT2D eigenvalue weighted by molar-refractivity contribution is 0.0949. The van der Waals surface area contributed by atoms with E-state index in [1.54, 1.807) is 19.1 Å². The number of nitrogens with zero attached hydrogens (tertiary/aromatic N) is 2. The number of sulfonamides is 1. The predicted molar refractivity (Wildman–Crippen MR) is 85.5 cm³/mol. The third-order valence-corrected chi connectivity index (χ3v) is 4.52. The fourth-order valence-corrected chi connectivity index (χ4v) is 2.79. The average Bonchev–Trinajstić information content (AvgIpc) is 2.52. The first-order valence-corrected chi connectivity index (χ1v) is 8.50. The molecule has 2 rings (SSSR count). The van der Waals surface area contributed by atoms with Crippen molar-refractivity contribution in [2.75, 3.05) is 13.1 Å². The summed E-state index contributed by atoms with van der Waals surface area (Å²) >= 11 is 0. The van der Waals surface area contributed by atoms with Gasteiger partial charge in [-0.25, -0.2) is 18.1 Å². The summed E-state index contributed by atoms with van der Waals surface area (Å²) in [6.45, 7) is 3.89. The Bertz CT molecular complexity index is 771. The van der Waals surface area contributed by atoms with Gasteiger partial charge >= 0.3 is 0 Å². The first kappa shape index (κ1) is 17.0. The molecule has 1 heterocycles. The van der Waals surface area contributed by atoms with E-state index in [1.165, 1.54) is 24.5 Å². The van der Waals surface area contributed by atoms with Crippen LogP contribution in [0.1, 0.15) is 21.7 Å². The van der Waals surface area contributed by atoms with Crippen LogP contribution in [-0.4, -0.2) is 37.4 Å². The molecule has 0 spiro atoms. The summed E-state index contributed by atoms with van der Waals surface area (Å²) in [5.74, 6) is -0.396. The fourth-order valence-electron chi connectivity index (χ4n) is 1.76. The molecule has 0 fully saturated rings. The maximum absolute atomic E-state index is 12.0. The van der Waals surface area contributed by atoms with Crippen LogP contribution in [0.15, 0.2) is 41.6 Å². The molecule has 0 unspecified atom stereocenters. The minimum Gasteiger partial charge on any atom is -0.349 e. The van der Waals surface area contributed by atoms with Crippen molar-refractivity contribution in [3.63, 3.8) is 0 Å². The molecular formula is C15H18N4O3S. The molecule has 8 heteroatoms. The molecule has 23 heavy (non-hydrogen) atoms. The van der Waals surface area contributed by atoms with E-state index >= 15 is 0 Å². The van der Waals surface area contributed by atoms with Crippen LogP contribution in [0.4, 0.5) is 0 Å². The van der Waals surface area contributed by atoms with E-state index in [0.29, 0.717) is 5.69 Å². The molecule has 0 radical (unpaired) electrons. The minimum atomic E-state index is -3.57. The van der Waals surface area contributed by atoms with Crippen LogP contribution in [0.5, 0.6) is 0 Å². The molecule has 1 amide bonds. The molecule has 0 atom stereocenters. The zero-order valence-corrected chi connectivity index (χ0v) is 13.7. The maximum atomic E-state index is 12.0. The Morgan fingerprint density at radius 1 is 1.04 bits per heavy atom. The van der Waals surface area contributed by atoms with E-state index < -0.39 is 15.9 Å². The van der Waals surface area contributed by atoms with Crippen molar-refractivity contribution in [2.24, 2.45) is 0 Å². The molecule has 2 N–H and O–H groups in total. The van der Waals surface area contributed by atoms with Crippen LogP contribution >= 0.6 is 0 Å². The monoisotopic (exact) mass is 334 g/mol. The standard InChI is InChI=1S/C15H18N4O3S/c1-11-3-5-13(6-4-11)23(21,22)19-8-7-16-15(20)14-10-17-12(2)9-18-14/h3-6,9-10,19H,7-8H2,1-2H3,(H,16,20).